The minimum atomic E-state index is -0.221. The van der Waals surface area contributed by atoms with Crippen LogP contribution in [0.3, 0.4) is 0 Å². The van der Waals surface area contributed by atoms with E-state index < -0.39 is 0 Å². The average molecular weight is 250 g/mol. The molecule has 0 bridgehead atoms. The molecule has 0 atom stereocenters. The Hall–Kier alpha value is -0.275. The van der Waals surface area contributed by atoms with Crippen molar-refractivity contribution in [1.82, 2.24) is 0 Å². The third-order valence-electron chi connectivity index (χ3n) is 4.92. The molecule has 0 N–H and O–H groups in total. The second kappa shape index (κ2) is 5.01. The van der Waals surface area contributed by atoms with Crippen LogP contribution in [0.2, 0.25) is 0 Å². The maximum atomic E-state index is 6.03. The summed E-state index contributed by atoms with van der Waals surface area (Å²) >= 11 is 0. The lowest BCUT2D eigenvalue weighted by Gasteiger charge is -2.32. The molecule has 2 aliphatic rings. The minimum Gasteiger partial charge on any atom is -0.400 e. The van der Waals surface area contributed by atoms with Crippen LogP contribution in [-0.2, 0) is 9.31 Å². The molecule has 18 heavy (non-hydrogen) atoms. The van der Waals surface area contributed by atoms with Crippen LogP contribution in [0.4, 0.5) is 0 Å². The number of hydrogen-bond donors (Lipinski definition) is 0. The number of rotatable bonds is 2. The second-order valence-electron chi connectivity index (χ2n) is 6.87. The first kappa shape index (κ1) is 14.1. The topological polar surface area (TPSA) is 18.5 Å². The molecule has 2 rings (SSSR count). The summed E-state index contributed by atoms with van der Waals surface area (Å²) in [6.07, 6.45) is 6.82. The normalized spacial score (nSPS) is 28.7. The highest BCUT2D eigenvalue weighted by atomic mass is 16.7. The van der Waals surface area contributed by atoms with E-state index in [0.29, 0.717) is 0 Å². The highest BCUT2D eigenvalue weighted by Crippen LogP contribution is 2.38. The average Bonchev–Trinajstić information content (AvgIpc) is 2.48. The van der Waals surface area contributed by atoms with Crippen molar-refractivity contribution in [2.45, 2.75) is 77.9 Å². The van der Waals surface area contributed by atoms with E-state index in [1.807, 2.05) is 0 Å². The molecule has 0 aromatic carbocycles. The first-order valence-electron chi connectivity index (χ1n) is 7.36. The molecule has 1 aliphatic heterocycles. The molecule has 2 fully saturated rings. The molecule has 0 unspecified atom stereocenters. The zero-order valence-corrected chi connectivity index (χ0v) is 12.6. The van der Waals surface area contributed by atoms with Crippen molar-refractivity contribution < 1.29 is 9.31 Å². The van der Waals surface area contributed by atoms with Crippen molar-refractivity contribution in [1.29, 1.82) is 0 Å². The molecule has 102 valence electrons. The quantitative estimate of drug-likeness (QED) is 0.685. The molecule has 0 aromatic heterocycles. The summed E-state index contributed by atoms with van der Waals surface area (Å²) in [5.74, 6) is 2.95. The van der Waals surface area contributed by atoms with Crippen LogP contribution in [0.15, 0.2) is 11.5 Å². The Labute approximate surface area is 112 Å². The van der Waals surface area contributed by atoms with Gasteiger partial charge in [0.15, 0.2) is 0 Å². The van der Waals surface area contributed by atoms with E-state index in [9.17, 15) is 0 Å². The molecular formula is C15H27BO2. The smallest absolute Gasteiger partial charge is 0.400 e. The van der Waals surface area contributed by atoms with Gasteiger partial charge in [-0.25, -0.2) is 0 Å². The van der Waals surface area contributed by atoms with Gasteiger partial charge in [-0.3, -0.25) is 0 Å². The highest BCUT2D eigenvalue weighted by Gasteiger charge is 2.50. The molecule has 2 nitrogen and oxygen atoms in total. The van der Waals surface area contributed by atoms with Crippen molar-refractivity contribution in [2.24, 2.45) is 5.92 Å². The molecule has 1 saturated heterocycles. The first-order valence-corrected chi connectivity index (χ1v) is 7.36. The van der Waals surface area contributed by atoms with Crippen LogP contribution in [0.25, 0.3) is 0 Å². The Bertz CT molecular complexity index is 311. The van der Waals surface area contributed by atoms with Gasteiger partial charge in [0.05, 0.1) is 11.2 Å². The molecule has 3 heteroatoms. The Morgan fingerprint density at radius 2 is 1.50 bits per heavy atom. The van der Waals surface area contributed by atoms with Gasteiger partial charge in [0.1, 0.15) is 0 Å². The third-order valence-corrected chi connectivity index (χ3v) is 4.92. The van der Waals surface area contributed by atoms with Gasteiger partial charge in [-0.1, -0.05) is 30.8 Å². The van der Waals surface area contributed by atoms with E-state index in [0.717, 1.165) is 5.92 Å². The standard InChI is InChI=1S/C15H27BO2/c1-12(13-9-7-6-8-10-13)11-16-17-14(2,3)15(4,5)18-16/h11,13H,6-10H2,1-5H3/b12-11-. The molecule has 1 heterocycles. The van der Waals surface area contributed by atoms with Crippen LogP contribution in [0.5, 0.6) is 0 Å². The Morgan fingerprint density at radius 3 is 2.00 bits per heavy atom. The molecule has 0 radical (unpaired) electrons. The summed E-state index contributed by atoms with van der Waals surface area (Å²) in [5, 5.41) is 0. The zero-order valence-electron chi connectivity index (χ0n) is 12.6. The third kappa shape index (κ3) is 2.83. The molecule has 1 saturated carbocycles. The molecule has 0 aromatic rings. The number of hydrogen-bond acceptors (Lipinski definition) is 2. The van der Waals surface area contributed by atoms with Crippen molar-refractivity contribution in [3.8, 4) is 0 Å². The zero-order chi connectivity index (χ0) is 13.4. The van der Waals surface area contributed by atoms with Gasteiger partial charge in [-0.2, -0.15) is 0 Å². The lowest BCUT2D eigenvalue weighted by molar-refractivity contribution is 0.00578. The van der Waals surface area contributed by atoms with Gasteiger partial charge in [0.2, 0.25) is 0 Å². The fourth-order valence-electron chi connectivity index (χ4n) is 2.87. The summed E-state index contributed by atoms with van der Waals surface area (Å²) in [4.78, 5) is 0. The van der Waals surface area contributed by atoms with Crippen LogP contribution in [0, 0.1) is 5.92 Å². The Morgan fingerprint density at radius 1 is 1.00 bits per heavy atom. The maximum Gasteiger partial charge on any atom is 0.487 e. The number of allylic oxidation sites excluding steroid dienone is 1. The van der Waals surface area contributed by atoms with Gasteiger partial charge in [-0.15, -0.1) is 0 Å². The summed E-state index contributed by atoms with van der Waals surface area (Å²) in [5.41, 5.74) is 1.01. The fourth-order valence-corrected chi connectivity index (χ4v) is 2.87. The van der Waals surface area contributed by atoms with E-state index in [-0.39, 0.29) is 18.3 Å². The van der Waals surface area contributed by atoms with Crippen LogP contribution in [0.1, 0.15) is 66.7 Å². The van der Waals surface area contributed by atoms with Crippen LogP contribution in [-0.4, -0.2) is 18.3 Å². The summed E-state index contributed by atoms with van der Waals surface area (Å²) < 4.78 is 12.1. The van der Waals surface area contributed by atoms with E-state index in [1.54, 1.807) is 0 Å². The van der Waals surface area contributed by atoms with Gasteiger partial charge >= 0.3 is 7.12 Å². The Balaban J connectivity index is 2.01. The van der Waals surface area contributed by atoms with Crippen molar-refractivity contribution in [3.05, 3.63) is 11.5 Å². The second-order valence-corrected chi connectivity index (χ2v) is 6.87. The Kier molecular flexibility index (Phi) is 3.94. The predicted molar refractivity (Wildman–Crippen MR) is 76.4 cm³/mol. The SMILES string of the molecule is C/C(=C/B1OC(C)(C)C(C)(C)O1)C1CCCCC1. The van der Waals surface area contributed by atoms with Crippen molar-refractivity contribution in [2.75, 3.05) is 0 Å². The lowest BCUT2D eigenvalue weighted by atomic mass is 9.78. The van der Waals surface area contributed by atoms with Gasteiger partial charge in [-0.05, 0) is 53.4 Å². The maximum absolute atomic E-state index is 6.03. The summed E-state index contributed by atoms with van der Waals surface area (Å²) in [7, 11) is -0.170. The van der Waals surface area contributed by atoms with Crippen molar-refractivity contribution in [3.63, 3.8) is 0 Å². The van der Waals surface area contributed by atoms with Gasteiger partial charge in [0, 0.05) is 0 Å². The first-order chi connectivity index (χ1) is 8.32. The van der Waals surface area contributed by atoms with Crippen molar-refractivity contribution >= 4 is 7.12 Å². The summed E-state index contributed by atoms with van der Waals surface area (Å²) in [6.45, 7) is 10.7. The van der Waals surface area contributed by atoms with E-state index in [1.165, 1.54) is 37.7 Å². The molecule has 0 amide bonds. The highest BCUT2D eigenvalue weighted by molar-refractivity contribution is 6.51. The monoisotopic (exact) mass is 250 g/mol. The minimum absolute atomic E-state index is 0.170. The summed E-state index contributed by atoms with van der Waals surface area (Å²) in [6, 6.07) is 0. The van der Waals surface area contributed by atoms with E-state index in [2.05, 4.69) is 40.6 Å². The van der Waals surface area contributed by atoms with Gasteiger partial charge in [0.25, 0.3) is 0 Å². The van der Waals surface area contributed by atoms with E-state index >= 15 is 0 Å². The predicted octanol–water partition coefficient (Wildman–Crippen LogP) is 4.14. The van der Waals surface area contributed by atoms with E-state index in [4.69, 9.17) is 9.31 Å². The fraction of sp³-hybridized carbons (Fsp3) is 0.867. The molecule has 0 spiro atoms. The lowest BCUT2D eigenvalue weighted by Crippen LogP contribution is -2.41. The van der Waals surface area contributed by atoms with Crippen LogP contribution >= 0.6 is 0 Å². The van der Waals surface area contributed by atoms with Gasteiger partial charge < -0.3 is 9.31 Å². The molecular weight excluding hydrogens is 223 g/mol. The van der Waals surface area contributed by atoms with Crippen LogP contribution < -0.4 is 0 Å². The molecule has 1 aliphatic carbocycles. The largest absolute Gasteiger partial charge is 0.487 e.